The maximum absolute atomic E-state index is 13.0. The molecular formula is C67H130O17P2. The molecule has 0 spiro atoms. The fourth-order valence-electron chi connectivity index (χ4n) is 9.89. The highest BCUT2D eigenvalue weighted by molar-refractivity contribution is 7.47. The van der Waals surface area contributed by atoms with Gasteiger partial charge in [0.1, 0.15) is 19.3 Å². The Morgan fingerprint density at radius 3 is 0.826 bits per heavy atom. The summed E-state index contributed by atoms with van der Waals surface area (Å²) in [6, 6.07) is 0. The lowest BCUT2D eigenvalue weighted by atomic mass is 10.00. The minimum Gasteiger partial charge on any atom is -0.462 e. The molecule has 0 aromatic heterocycles. The number of aliphatic hydroxyl groups is 1. The maximum atomic E-state index is 13.0. The van der Waals surface area contributed by atoms with Gasteiger partial charge in [-0.25, -0.2) is 9.13 Å². The second kappa shape index (κ2) is 57.0. The number of hydrogen-bond donors (Lipinski definition) is 3. The van der Waals surface area contributed by atoms with Crippen LogP contribution in [-0.2, 0) is 65.4 Å². The number of carbonyl (C=O) groups excluding carboxylic acids is 4. The number of esters is 4. The van der Waals surface area contributed by atoms with E-state index in [9.17, 15) is 43.2 Å². The highest BCUT2D eigenvalue weighted by Gasteiger charge is 2.30. The molecule has 0 aliphatic carbocycles. The molecule has 19 heteroatoms. The molecule has 0 aromatic carbocycles. The Labute approximate surface area is 524 Å². The van der Waals surface area contributed by atoms with Gasteiger partial charge in [-0.05, 0) is 49.4 Å². The zero-order chi connectivity index (χ0) is 63.9. The first-order valence-electron chi connectivity index (χ1n) is 34.8. The lowest BCUT2D eigenvalue weighted by Crippen LogP contribution is -2.30. The van der Waals surface area contributed by atoms with Gasteiger partial charge in [0, 0.05) is 25.7 Å². The van der Waals surface area contributed by atoms with Crippen LogP contribution in [0.2, 0.25) is 0 Å². The van der Waals surface area contributed by atoms with Crippen molar-refractivity contribution in [2.45, 2.75) is 343 Å². The zero-order valence-corrected chi connectivity index (χ0v) is 57.7. The quantitative estimate of drug-likeness (QED) is 0.0222. The van der Waals surface area contributed by atoms with Crippen molar-refractivity contribution in [3.05, 3.63) is 0 Å². The highest BCUT2D eigenvalue weighted by Crippen LogP contribution is 2.45. The lowest BCUT2D eigenvalue weighted by Gasteiger charge is -2.21. The van der Waals surface area contributed by atoms with Crippen LogP contribution in [0, 0.1) is 23.7 Å². The van der Waals surface area contributed by atoms with E-state index in [0.717, 1.165) is 120 Å². The molecule has 3 N–H and O–H groups in total. The van der Waals surface area contributed by atoms with Crippen molar-refractivity contribution in [3.63, 3.8) is 0 Å². The number of phosphoric ester groups is 2. The normalized spacial score (nSPS) is 15.0. The second-order valence-electron chi connectivity index (χ2n) is 25.6. The van der Waals surface area contributed by atoms with Crippen molar-refractivity contribution >= 4 is 39.5 Å². The summed E-state index contributed by atoms with van der Waals surface area (Å²) in [6.07, 6.45) is 37.7. The molecule has 0 radical (unpaired) electrons. The lowest BCUT2D eigenvalue weighted by molar-refractivity contribution is -0.161. The molecule has 0 aromatic rings. The fraction of sp³-hybridized carbons (Fsp3) is 0.940. The van der Waals surface area contributed by atoms with Crippen molar-refractivity contribution in [1.82, 2.24) is 0 Å². The molecule has 0 saturated carbocycles. The summed E-state index contributed by atoms with van der Waals surface area (Å²) in [5.74, 6) is 0.805. The smallest absolute Gasteiger partial charge is 0.462 e. The van der Waals surface area contributed by atoms with Gasteiger partial charge in [-0.1, -0.05) is 274 Å². The molecule has 0 heterocycles. The summed E-state index contributed by atoms with van der Waals surface area (Å²) in [5, 5.41) is 10.6. The monoisotopic (exact) mass is 1270 g/mol. The number of ether oxygens (including phenoxy) is 4. The molecule has 4 unspecified atom stereocenters. The molecule has 0 rings (SSSR count). The molecule has 0 aliphatic heterocycles. The largest absolute Gasteiger partial charge is 0.472 e. The zero-order valence-electron chi connectivity index (χ0n) is 55.9. The van der Waals surface area contributed by atoms with Crippen molar-refractivity contribution in [2.24, 2.45) is 23.7 Å². The van der Waals surface area contributed by atoms with Crippen LogP contribution in [0.25, 0.3) is 0 Å². The van der Waals surface area contributed by atoms with Crippen molar-refractivity contribution in [2.75, 3.05) is 39.6 Å². The van der Waals surface area contributed by atoms with E-state index < -0.39 is 97.5 Å². The van der Waals surface area contributed by atoms with Crippen LogP contribution in [0.3, 0.4) is 0 Å². The molecule has 0 saturated heterocycles. The summed E-state index contributed by atoms with van der Waals surface area (Å²) in [7, 11) is -9.90. The van der Waals surface area contributed by atoms with E-state index in [4.69, 9.17) is 37.0 Å². The van der Waals surface area contributed by atoms with Gasteiger partial charge in [0.15, 0.2) is 12.2 Å². The molecular weight excluding hydrogens is 1140 g/mol. The van der Waals surface area contributed by atoms with Crippen LogP contribution in [0.15, 0.2) is 0 Å². The Hall–Kier alpha value is -1.94. The van der Waals surface area contributed by atoms with E-state index in [-0.39, 0.29) is 25.7 Å². The number of hydrogen-bond acceptors (Lipinski definition) is 15. The van der Waals surface area contributed by atoms with E-state index in [2.05, 4.69) is 55.4 Å². The van der Waals surface area contributed by atoms with Crippen molar-refractivity contribution < 1.29 is 80.2 Å². The summed E-state index contributed by atoms with van der Waals surface area (Å²) in [4.78, 5) is 72.3. The van der Waals surface area contributed by atoms with Crippen LogP contribution >= 0.6 is 15.6 Å². The summed E-state index contributed by atoms with van der Waals surface area (Å²) < 4.78 is 68.1. The Balaban J connectivity index is 5.24. The van der Waals surface area contributed by atoms with E-state index in [1.54, 1.807) is 0 Å². The number of carbonyl (C=O) groups is 4. The first-order valence-corrected chi connectivity index (χ1v) is 37.8. The minimum atomic E-state index is -4.95. The number of aliphatic hydroxyl groups excluding tert-OH is 1. The summed E-state index contributed by atoms with van der Waals surface area (Å²) in [6.45, 7) is 14.0. The van der Waals surface area contributed by atoms with Gasteiger partial charge in [-0.2, -0.15) is 0 Å². The predicted molar refractivity (Wildman–Crippen MR) is 344 cm³/mol. The first-order chi connectivity index (χ1) is 41.2. The van der Waals surface area contributed by atoms with E-state index >= 15 is 0 Å². The highest BCUT2D eigenvalue weighted by atomic mass is 31.2. The van der Waals surface area contributed by atoms with E-state index in [1.165, 1.54) is 116 Å². The van der Waals surface area contributed by atoms with Crippen molar-refractivity contribution in [3.8, 4) is 0 Å². The molecule has 0 amide bonds. The summed E-state index contributed by atoms with van der Waals surface area (Å²) in [5.41, 5.74) is 0. The van der Waals surface area contributed by atoms with Gasteiger partial charge in [0.25, 0.3) is 0 Å². The second-order valence-corrected chi connectivity index (χ2v) is 28.6. The van der Waals surface area contributed by atoms with Crippen LogP contribution in [0.4, 0.5) is 0 Å². The average Bonchev–Trinajstić information content (AvgIpc) is 3.67. The molecule has 17 nitrogen and oxygen atoms in total. The first kappa shape index (κ1) is 84.1. The van der Waals surface area contributed by atoms with Crippen LogP contribution in [-0.4, -0.2) is 96.7 Å². The molecule has 7 atom stereocenters. The standard InChI is InChI=1S/C67H130O17P2/c1-9-59(7)45-37-29-23-25-32-40-48-65(70)78-54-62(83-66(71)49-41-33-21-17-15-13-11-12-14-16-19-27-35-43-57(3)4)55-81-85(73,74)79-51-61(68)52-80-86(75,76)82-56-63(84-67(72)50-42-34-26-24-30-38-46-60(8)10-2)53-77-64(69)47-39-31-22-18-20-28-36-44-58(5)6/h57-63,68H,9-56H2,1-8H3,(H,73,74)(H,75,76)/t59?,60?,61-,62+,63+/m0/s1. The van der Waals surface area contributed by atoms with Crippen LogP contribution < -0.4 is 0 Å². The van der Waals surface area contributed by atoms with Crippen LogP contribution in [0.1, 0.15) is 325 Å². The number of phosphoric acid groups is 2. The van der Waals surface area contributed by atoms with E-state index in [0.29, 0.717) is 31.6 Å². The maximum Gasteiger partial charge on any atom is 0.472 e. The average molecular weight is 1270 g/mol. The predicted octanol–water partition coefficient (Wildman–Crippen LogP) is 18.5. The van der Waals surface area contributed by atoms with Gasteiger partial charge in [0.05, 0.1) is 26.4 Å². The van der Waals surface area contributed by atoms with Crippen LogP contribution in [0.5, 0.6) is 0 Å². The van der Waals surface area contributed by atoms with Crippen molar-refractivity contribution in [1.29, 1.82) is 0 Å². The molecule has 86 heavy (non-hydrogen) atoms. The fourth-order valence-corrected chi connectivity index (χ4v) is 11.5. The Morgan fingerprint density at radius 2 is 0.558 bits per heavy atom. The number of unbranched alkanes of at least 4 members (excludes halogenated alkanes) is 28. The van der Waals surface area contributed by atoms with Gasteiger partial charge < -0.3 is 33.8 Å². The Kier molecular flexibility index (Phi) is 55.7. The third-order valence-electron chi connectivity index (χ3n) is 16.0. The van der Waals surface area contributed by atoms with Gasteiger partial charge in [-0.15, -0.1) is 0 Å². The Bertz CT molecular complexity index is 1720. The Morgan fingerprint density at radius 1 is 0.326 bits per heavy atom. The third-order valence-corrected chi connectivity index (χ3v) is 17.9. The molecule has 0 fully saturated rings. The minimum absolute atomic E-state index is 0.102. The third kappa shape index (κ3) is 58.4. The molecule has 0 aliphatic rings. The molecule has 0 bridgehead atoms. The molecule has 510 valence electrons. The SMILES string of the molecule is CCC(C)CCCCCCCCC(=O)OC[C@H](COP(=O)(O)OC[C@H](O)COP(=O)(O)OC[C@@H](COC(=O)CCCCCCCCCC(C)C)OC(=O)CCCCCCCCC(C)CC)OC(=O)CCCCCCCCCCCCCCCC(C)C. The van der Waals surface area contributed by atoms with Gasteiger partial charge >= 0.3 is 39.5 Å². The summed E-state index contributed by atoms with van der Waals surface area (Å²) >= 11 is 0. The number of rotatable bonds is 64. The van der Waals surface area contributed by atoms with Gasteiger partial charge in [-0.3, -0.25) is 37.3 Å². The topological polar surface area (TPSA) is 237 Å². The van der Waals surface area contributed by atoms with Gasteiger partial charge in [0.2, 0.25) is 0 Å². The van der Waals surface area contributed by atoms with E-state index in [1.807, 2.05) is 0 Å².